The molecule has 0 aromatic carbocycles. The Hall–Kier alpha value is -1.28. The summed E-state index contributed by atoms with van der Waals surface area (Å²) in [5.74, 6) is -0.315. The van der Waals surface area contributed by atoms with Gasteiger partial charge in [-0.05, 0) is 70.6 Å². The van der Waals surface area contributed by atoms with Crippen LogP contribution in [-0.2, 0) is 27.9 Å². The molecule has 0 amide bonds. The Morgan fingerprint density at radius 3 is 1.32 bits per heavy atom. The first-order valence-corrected chi connectivity index (χ1v) is 27.7. The topological polar surface area (TPSA) is 91.3 Å². The van der Waals surface area contributed by atoms with E-state index in [1.807, 2.05) is 21.1 Å². The van der Waals surface area contributed by atoms with Crippen LogP contribution in [0.25, 0.3) is 0 Å². The number of nitrogens with zero attached hydrogens (tertiary/aromatic N) is 1. The van der Waals surface area contributed by atoms with Gasteiger partial charge in [-0.15, -0.1) is 0 Å². The molecule has 62 heavy (non-hydrogen) atoms. The Morgan fingerprint density at radius 1 is 0.500 bits per heavy atom. The van der Waals surface area contributed by atoms with Crippen LogP contribution in [0.2, 0.25) is 0 Å². The molecular formula is C53H103NO7P+. The second-order valence-corrected chi connectivity index (χ2v) is 20.4. The van der Waals surface area contributed by atoms with Gasteiger partial charge in [-0.1, -0.05) is 198 Å². The largest absolute Gasteiger partial charge is 0.472 e. The zero-order valence-electron chi connectivity index (χ0n) is 41.6. The fourth-order valence-corrected chi connectivity index (χ4v) is 8.09. The summed E-state index contributed by atoms with van der Waals surface area (Å²) in [4.78, 5) is 23.0. The predicted molar refractivity (Wildman–Crippen MR) is 266 cm³/mol. The van der Waals surface area contributed by atoms with Gasteiger partial charge in [0.15, 0.2) is 0 Å². The standard InChI is InChI=1S/C53H102NO7P/c1-6-8-10-12-14-16-18-20-22-24-25-26-27-28-29-30-32-34-36-38-40-42-44-46-53(55)61-52(51-60-62(56,57)59-49-47-54(3,4)5)50-58-48-45-43-41-39-37-35-33-31-23-21-19-17-15-13-11-9-7-2/h18,20,23-25,31,52H,6-17,19,21-22,26-30,32-51H2,1-5H3/p+1/b20-18-,25-24-,31-23-. The summed E-state index contributed by atoms with van der Waals surface area (Å²) in [6.45, 7) is 5.63. The van der Waals surface area contributed by atoms with Crippen molar-refractivity contribution >= 4 is 13.8 Å². The molecule has 1 N–H and O–H groups in total. The number of hydrogen-bond donors (Lipinski definition) is 1. The maximum atomic E-state index is 12.8. The minimum Gasteiger partial charge on any atom is -0.457 e. The predicted octanol–water partition coefficient (Wildman–Crippen LogP) is 16.1. The Morgan fingerprint density at radius 2 is 0.887 bits per heavy atom. The lowest BCUT2D eigenvalue weighted by molar-refractivity contribution is -0.870. The molecule has 0 aliphatic rings. The molecule has 0 aromatic rings. The van der Waals surface area contributed by atoms with Crippen LogP contribution in [0.4, 0.5) is 0 Å². The molecule has 9 heteroatoms. The SMILES string of the molecule is CCCCCCC/C=C\C/C=C\CCCCCCCCCCCCCC(=O)OC(COCCCCCCCC/C=C\CCCCCCCCC)COP(=O)(O)OCC[N+](C)(C)C. The van der Waals surface area contributed by atoms with Crippen molar-refractivity contribution in [2.75, 3.05) is 54.1 Å². The van der Waals surface area contributed by atoms with Gasteiger partial charge in [0.2, 0.25) is 0 Å². The lowest BCUT2D eigenvalue weighted by Crippen LogP contribution is -2.37. The van der Waals surface area contributed by atoms with E-state index >= 15 is 0 Å². The van der Waals surface area contributed by atoms with Gasteiger partial charge in [0.05, 0.1) is 34.4 Å². The highest BCUT2D eigenvalue weighted by molar-refractivity contribution is 7.47. The summed E-state index contributed by atoms with van der Waals surface area (Å²) in [5.41, 5.74) is 0. The number of hydrogen-bond acceptors (Lipinski definition) is 6. The first kappa shape index (κ1) is 60.7. The van der Waals surface area contributed by atoms with Gasteiger partial charge in [-0.2, -0.15) is 0 Å². The molecule has 0 bridgehead atoms. The van der Waals surface area contributed by atoms with E-state index in [1.165, 1.54) is 180 Å². The summed E-state index contributed by atoms with van der Waals surface area (Å²) >= 11 is 0. The van der Waals surface area contributed by atoms with Crippen LogP contribution in [0, 0.1) is 0 Å². The highest BCUT2D eigenvalue weighted by Crippen LogP contribution is 2.43. The highest BCUT2D eigenvalue weighted by atomic mass is 31.2. The average Bonchev–Trinajstić information content (AvgIpc) is 3.23. The number of likely N-dealkylation sites (N-methyl/N-ethyl adjacent to an activating group) is 1. The minimum absolute atomic E-state index is 0.0875. The van der Waals surface area contributed by atoms with Crippen molar-refractivity contribution in [2.45, 2.75) is 245 Å². The Balaban J connectivity index is 4.12. The number of ether oxygens (including phenoxy) is 2. The van der Waals surface area contributed by atoms with Gasteiger partial charge in [0.25, 0.3) is 0 Å². The van der Waals surface area contributed by atoms with Gasteiger partial charge < -0.3 is 18.9 Å². The normalized spacial score (nSPS) is 13.8. The van der Waals surface area contributed by atoms with E-state index in [1.54, 1.807) is 0 Å². The van der Waals surface area contributed by atoms with Crippen molar-refractivity contribution in [2.24, 2.45) is 0 Å². The first-order chi connectivity index (χ1) is 30.1. The van der Waals surface area contributed by atoms with Crippen LogP contribution in [0.1, 0.15) is 239 Å². The quantitative estimate of drug-likeness (QED) is 0.0214. The molecule has 0 saturated carbocycles. The van der Waals surface area contributed by atoms with Crippen molar-refractivity contribution < 1.29 is 37.3 Å². The summed E-state index contributed by atoms with van der Waals surface area (Å²) < 4.78 is 35.2. The lowest BCUT2D eigenvalue weighted by Gasteiger charge is -2.24. The molecule has 2 unspecified atom stereocenters. The Labute approximate surface area is 385 Å². The number of carbonyl (C=O) groups excluding carboxylic acids is 1. The van der Waals surface area contributed by atoms with Gasteiger partial charge >= 0.3 is 13.8 Å². The van der Waals surface area contributed by atoms with E-state index in [9.17, 15) is 14.3 Å². The number of phosphoric acid groups is 1. The molecule has 0 saturated heterocycles. The summed E-state index contributed by atoms with van der Waals surface area (Å²) in [6, 6.07) is 0. The molecule has 0 heterocycles. The van der Waals surface area contributed by atoms with E-state index in [2.05, 4.69) is 50.3 Å². The van der Waals surface area contributed by atoms with Crippen LogP contribution in [-0.4, -0.2) is 75.6 Å². The minimum atomic E-state index is -4.28. The van der Waals surface area contributed by atoms with Crippen molar-refractivity contribution in [3.63, 3.8) is 0 Å². The second-order valence-electron chi connectivity index (χ2n) is 18.9. The zero-order chi connectivity index (χ0) is 45.5. The van der Waals surface area contributed by atoms with Gasteiger partial charge in [0, 0.05) is 13.0 Å². The highest BCUT2D eigenvalue weighted by Gasteiger charge is 2.26. The molecule has 0 spiro atoms. The first-order valence-electron chi connectivity index (χ1n) is 26.2. The van der Waals surface area contributed by atoms with E-state index in [-0.39, 0.29) is 25.8 Å². The molecule has 0 radical (unpaired) electrons. The fourth-order valence-electron chi connectivity index (χ4n) is 7.34. The molecule has 0 aliphatic heterocycles. The zero-order valence-corrected chi connectivity index (χ0v) is 42.5. The van der Waals surface area contributed by atoms with Crippen LogP contribution in [0.15, 0.2) is 36.5 Å². The second kappa shape index (κ2) is 46.3. The van der Waals surface area contributed by atoms with Crippen molar-refractivity contribution in [3.8, 4) is 0 Å². The summed E-state index contributed by atoms with van der Waals surface area (Å²) in [7, 11) is 1.67. The number of rotatable bonds is 49. The third kappa shape index (κ3) is 49.7. The average molecular weight is 897 g/mol. The van der Waals surface area contributed by atoms with Gasteiger partial charge in [0.1, 0.15) is 19.3 Å². The summed E-state index contributed by atoms with van der Waals surface area (Å²) in [5, 5.41) is 0. The number of allylic oxidation sites excluding steroid dienone is 6. The molecule has 366 valence electrons. The van der Waals surface area contributed by atoms with E-state index in [0.717, 1.165) is 38.5 Å². The summed E-state index contributed by atoms with van der Waals surface area (Å²) in [6.07, 6.45) is 56.2. The molecule has 8 nitrogen and oxygen atoms in total. The number of quaternary nitrogens is 1. The molecule has 0 rings (SSSR count). The molecule has 2 atom stereocenters. The van der Waals surface area contributed by atoms with Crippen LogP contribution >= 0.6 is 7.82 Å². The van der Waals surface area contributed by atoms with E-state index in [4.69, 9.17) is 18.5 Å². The maximum absolute atomic E-state index is 12.8. The van der Waals surface area contributed by atoms with Crippen LogP contribution in [0.3, 0.4) is 0 Å². The monoisotopic (exact) mass is 897 g/mol. The molecular weight excluding hydrogens is 794 g/mol. The Kier molecular flexibility index (Phi) is 45.3. The van der Waals surface area contributed by atoms with Crippen LogP contribution in [0.5, 0.6) is 0 Å². The number of unbranched alkanes of at least 4 members (excludes halogenated alkanes) is 29. The number of carbonyl (C=O) groups is 1. The van der Waals surface area contributed by atoms with Gasteiger partial charge in [-0.25, -0.2) is 4.57 Å². The lowest BCUT2D eigenvalue weighted by atomic mass is 10.0. The van der Waals surface area contributed by atoms with E-state index < -0.39 is 13.9 Å². The van der Waals surface area contributed by atoms with E-state index in [0.29, 0.717) is 24.1 Å². The Bertz CT molecular complexity index is 1090. The third-order valence-electron chi connectivity index (χ3n) is 11.4. The molecule has 0 aliphatic carbocycles. The van der Waals surface area contributed by atoms with Crippen molar-refractivity contribution in [1.82, 2.24) is 0 Å². The van der Waals surface area contributed by atoms with Crippen molar-refractivity contribution in [1.29, 1.82) is 0 Å². The third-order valence-corrected chi connectivity index (χ3v) is 12.4. The van der Waals surface area contributed by atoms with Crippen molar-refractivity contribution in [3.05, 3.63) is 36.5 Å². The maximum Gasteiger partial charge on any atom is 0.472 e. The number of phosphoric ester groups is 1. The molecule has 0 aromatic heterocycles. The van der Waals surface area contributed by atoms with Crippen LogP contribution < -0.4 is 0 Å². The number of esters is 1. The molecule has 0 fully saturated rings. The smallest absolute Gasteiger partial charge is 0.457 e. The van der Waals surface area contributed by atoms with Gasteiger partial charge in [-0.3, -0.25) is 13.8 Å². The fraction of sp³-hybridized carbons (Fsp3) is 0.868.